The molecular formula is C19H23ClN2O6S. The number of carbonyl (C=O) groups is 1. The van der Waals surface area contributed by atoms with Crippen LogP contribution in [0.25, 0.3) is 0 Å². The van der Waals surface area contributed by atoms with Crippen molar-refractivity contribution in [2.45, 2.75) is 24.8 Å². The average Bonchev–Trinajstić information content (AvgIpc) is 2.68. The van der Waals surface area contributed by atoms with Crippen molar-refractivity contribution in [3.8, 4) is 17.2 Å². The minimum atomic E-state index is -4.01. The smallest absolute Gasteiger partial charge is 0.244 e. The Morgan fingerprint density at radius 1 is 1.00 bits per heavy atom. The first-order chi connectivity index (χ1) is 13.6. The maximum Gasteiger partial charge on any atom is 0.244 e. The van der Waals surface area contributed by atoms with Gasteiger partial charge < -0.3 is 19.5 Å². The van der Waals surface area contributed by atoms with Crippen LogP contribution in [0, 0.1) is 6.92 Å². The quantitative estimate of drug-likeness (QED) is 0.651. The predicted molar refractivity (Wildman–Crippen MR) is 111 cm³/mol. The summed E-state index contributed by atoms with van der Waals surface area (Å²) in [6.07, 6.45) is 0. The van der Waals surface area contributed by atoms with E-state index < -0.39 is 22.0 Å². The molecule has 2 N–H and O–H groups in total. The predicted octanol–water partition coefficient (Wildman–Crippen LogP) is 2.98. The number of hydrogen-bond acceptors (Lipinski definition) is 6. The lowest BCUT2D eigenvalue weighted by Crippen LogP contribution is -2.41. The van der Waals surface area contributed by atoms with Crippen molar-refractivity contribution in [2.24, 2.45) is 0 Å². The SMILES string of the molecule is COc1cc(NC(=O)[C@@H](C)NS(=O)(=O)c2cc(C)ccc2OC)c(OC)cc1Cl. The fraction of sp³-hybridized carbons (Fsp3) is 0.316. The van der Waals surface area contributed by atoms with E-state index in [1.807, 2.05) is 0 Å². The Labute approximate surface area is 175 Å². The van der Waals surface area contributed by atoms with Crippen LogP contribution < -0.4 is 24.2 Å². The first kappa shape index (κ1) is 22.8. The van der Waals surface area contributed by atoms with E-state index in [0.717, 1.165) is 5.56 Å². The third-order valence-electron chi connectivity index (χ3n) is 4.07. The molecule has 2 aromatic rings. The molecule has 2 aromatic carbocycles. The summed E-state index contributed by atoms with van der Waals surface area (Å²) in [5.74, 6) is 0.225. The second-order valence-electron chi connectivity index (χ2n) is 6.17. The molecule has 158 valence electrons. The largest absolute Gasteiger partial charge is 0.495 e. The lowest BCUT2D eigenvalue weighted by molar-refractivity contribution is -0.117. The van der Waals surface area contributed by atoms with Gasteiger partial charge in [0.25, 0.3) is 0 Å². The fourth-order valence-corrected chi connectivity index (χ4v) is 4.23. The monoisotopic (exact) mass is 442 g/mol. The zero-order valence-electron chi connectivity index (χ0n) is 16.7. The van der Waals surface area contributed by atoms with Gasteiger partial charge in [0.05, 0.1) is 38.1 Å². The van der Waals surface area contributed by atoms with Gasteiger partial charge >= 0.3 is 0 Å². The number of amides is 1. The number of anilines is 1. The van der Waals surface area contributed by atoms with Crippen molar-refractivity contribution in [1.82, 2.24) is 4.72 Å². The second-order valence-corrected chi connectivity index (χ2v) is 8.26. The van der Waals surface area contributed by atoms with Crippen LogP contribution in [0.4, 0.5) is 5.69 Å². The second kappa shape index (κ2) is 9.34. The standard InChI is InChI=1S/C19H23ClN2O6S/c1-11-6-7-15(26-3)18(8-11)29(24,25)22-12(2)19(23)21-14-10-16(27-4)13(20)9-17(14)28-5/h6-10,12,22H,1-5H3,(H,21,23)/t12-/m1/s1. The number of carbonyl (C=O) groups excluding carboxylic acids is 1. The molecule has 0 radical (unpaired) electrons. The van der Waals surface area contributed by atoms with Crippen molar-refractivity contribution >= 4 is 33.2 Å². The summed E-state index contributed by atoms with van der Waals surface area (Å²) in [5, 5.41) is 2.92. The highest BCUT2D eigenvalue weighted by atomic mass is 35.5. The van der Waals surface area contributed by atoms with Gasteiger partial charge in [-0.3, -0.25) is 4.79 Å². The van der Waals surface area contributed by atoms with E-state index in [0.29, 0.717) is 16.5 Å². The van der Waals surface area contributed by atoms with Crippen LogP contribution in [-0.4, -0.2) is 41.7 Å². The molecule has 0 aliphatic rings. The van der Waals surface area contributed by atoms with E-state index in [2.05, 4.69) is 10.0 Å². The van der Waals surface area contributed by atoms with E-state index >= 15 is 0 Å². The molecular weight excluding hydrogens is 420 g/mol. The van der Waals surface area contributed by atoms with E-state index in [9.17, 15) is 13.2 Å². The van der Waals surface area contributed by atoms with Crippen LogP contribution in [0.1, 0.15) is 12.5 Å². The highest BCUT2D eigenvalue weighted by molar-refractivity contribution is 7.89. The topological polar surface area (TPSA) is 103 Å². The first-order valence-corrected chi connectivity index (χ1v) is 10.4. The Bertz CT molecular complexity index is 1010. The van der Waals surface area contributed by atoms with Gasteiger partial charge in [-0.25, -0.2) is 8.42 Å². The molecule has 0 bridgehead atoms. The molecule has 1 amide bonds. The summed E-state index contributed by atoms with van der Waals surface area (Å²) in [7, 11) is 0.221. The molecule has 2 rings (SSSR count). The molecule has 0 saturated carbocycles. The van der Waals surface area contributed by atoms with E-state index in [1.54, 1.807) is 19.1 Å². The third kappa shape index (κ3) is 5.31. The Kier molecular flexibility index (Phi) is 7.34. The van der Waals surface area contributed by atoms with Crippen LogP contribution in [-0.2, 0) is 14.8 Å². The van der Waals surface area contributed by atoms with Crippen molar-refractivity contribution in [2.75, 3.05) is 26.6 Å². The Morgan fingerprint density at radius 2 is 1.62 bits per heavy atom. The average molecular weight is 443 g/mol. The number of hydrogen-bond donors (Lipinski definition) is 2. The Hall–Kier alpha value is -2.49. The molecule has 0 aliphatic heterocycles. The number of nitrogens with one attached hydrogen (secondary N) is 2. The number of sulfonamides is 1. The van der Waals surface area contributed by atoms with Crippen LogP contribution in [0.2, 0.25) is 5.02 Å². The van der Waals surface area contributed by atoms with E-state index in [1.165, 1.54) is 46.5 Å². The zero-order valence-corrected chi connectivity index (χ0v) is 18.3. The molecule has 0 aromatic heterocycles. The van der Waals surface area contributed by atoms with Gasteiger partial charge in [-0.1, -0.05) is 17.7 Å². The van der Waals surface area contributed by atoms with Gasteiger partial charge in [0.2, 0.25) is 15.9 Å². The highest BCUT2D eigenvalue weighted by Crippen LogP contribution is 2.36. The molecule has 0 aliphatic carbocycles. The summed E-state index contributed by atoms with van der Waals surface area (Å²) < 4.78 is 43.4. The first-order valence-electron chi connectivity index (χ1n) is 8.52. The Balaban J connectivity index is 2.24. The summed E-state index contributed by atoms with van der Waals surface area (Å²) in [5.41, 5.74) is 1.03. The van der Waals surface area contributed by atoms with Crippen molar-refractivity contribution in [3.63, 3.8) is 0 Å². The number of rotatable bonds is 8. The van der Waals surface area contributed by atoms with Crippen molar-refractivity contribution in [1.29, 1.82) is 0 Å². The minimum absolute atomic E-state index is 0.0506. The van der Waals surface area contributed by atoms with Crippen molar-refractivity contribution in [3.05, 3.63) is 40.9 Å². The van der Waals surface area contributed by atoms with Gasteiger partial charge in [0.1, 0.15) is 22.1 Å². The molecule has 0 spiro atoms. The molecule has 0 unspecified atom stereocenters. The fourth-order valence-electron chi connectivity index (χ4n) is 2.54. The van der Waals surface area contributed by atoms with Crippen LogP contribution in [0.5, 0.6) is 17.2 Å². The number of methoxy groups -OCH3 is 3. The minimum Gasteiger partial charge on any atom is -0.495 e. The van der Waals surface area contributed by atoms with Gasteiger partial charge in [0.15, 0.2) is 0 Å². The molecule has 10 heteroatoms. The van der Waals surface area contributed by atoms with Crippen molar-refractivity contribution < 1.29 is 27.4 Å². The molecule has 29 heavy (non-hydrogen) atoms. The maximum absolute atomic E-state index is 12.8. The summed E-state index contributed by atoms with van der Waals surface area (Å²) >= 11 is 6.05. The lowest BCUT2D eigenvalue weighted by Gasteiger charge is -2.18. The Morgan fingerprint density at radius 3 is 2.21 bits per heavy atom. The van der Waals surface area contributed by atoms with Gasteiger partial charge in [0, 0.05) is 12.1 Å². The van der Waals surface area contributed by atoms with Gasteiger partial charge in [-0.15, -0.1) is 0 Å². The van der Waals surface area contributed by atoms with E-state index in [4.69, 9.17) is 25.8 Å². The third-order valence-corrected chi connectivity index (χ3v) is 5.92. The number of halogens is 1. The maximum atomic E-state index is 12.8. The number of aryl methyl sites for hydroxylation is 1. The van der Waals surface area contributed by atoms with Crippen LogP contribution in [0.15, 0.2) is 35.2 Å². The normalized spacial score (nSPS) is 12.2. The number of ether oxygens (including phenoxy) is 3. The zero-order chi connectivity index (χ0) is 21.8. The highest BCUT2D eigenvalue weighted by Gasteiger charge is 2.26. The summed E-state index contributed by atoms with van der Waals surface area (Å²) in [6.45, 7) is 3.18. The molecule has 0 heterocycles. The molecule has 0 saturated heterocycles. The number of benzene rings is 2. The summed E-state index contributed by atoms with van der Waals surface area (Å²) in [4.78, 5) is 12.5. The molecule has 8 nitrogen and oxygen atoms in total. The van der Waals surface area contributed by atoms with Gasteiger partial charge in [-0.2, -0.15) is 4.72 Å². The molecule has 1 atom stereocenters. The molecule has 0 fully saturated rings. The lowest BCUT2D eigenvalue weighted by atomic mass is 10.2. The van der Waals surface area contributed by atoms with E-state index in [-0.39, 0.29) is 16.3 Å². The summed E-state index contributed by atoms with van der Waals surface area (Å²) in [6, 6.07) is 6.65. The van der Waals surface area contributed by atoms with Crippen LogP contribution >= 0.6 is 11.6 Å². The van der Waals surface area contributed by atoms with Gasteiger partial charge in [-0.05, 0) is 31.5 Å². The van der Waals surface area contributed by atoms with Crippen LogP contribution in [0.3, 0.4) is 0 Å².